The van der Waals surface area contributed by atoms with Crippen LogP contribution in [0.1, 0.15) is 19.3 Å². The topological polar surface area (TPSA) is 90.9 Å². The molecule has 0 bridgehead atoms. The highest BCUT2D eigenvalue weighted by molar-refractivity contribution is 8.13. The molecule has 1 fully saturated rings. The van der Waals surface area contributed by atoms with Gasteiger partial charge in [0.15, 0.2) is 0 Å². The third-order valence-electron chi connectivity index (χ3n) is 3.42. The number of hydrogen-bond acceptors (Lipinski definition) is 5. The van der Waals surface area contributed by atoms with E-state index >= 15 is 0 Å². The van der Waals surface area contributed by atoms with Crippen molar-refractivity contribution in [2.75, 3.05) is 26.2 Å². The summed E-state index contributed by atoms with van der Waals surface area (Å²) >= 11 is 0.882. The highest BCUT2D eigenvalue weighted by atomic mass is 32.2. The zero-order valence-electron chi connectivity index (χ0n) is 12.8. The van der Waals surface area contributed by atoms with Crippen LogP contribution in [-0.4, -0.2) is 47.6 Å². The standard InChI is InChI=1S/C15H21N3O4S/c19-14(18-9-2-1-3-10-18)16-8-11-22-12-4-6-13(7-5-12)23-15(20)17-21/h4-7,21H,1-3,8-11H2,(H,16,19)(H,17,20). The van der Waals surface area contributed by atoms with E-state index in [0.717, 1.165) is 37.7 Å². The maximum absolute atomic E-state index is 11.9. The van der Waals surface area contributed by atoms with Crippen molar-refractivity contribution in [3.63, 3.8) is 0 Å². The van der Waals surface area contributed by atoms with Gasteiger partial charge in [-0.05, 0) is 55.3 Å². The van der Waals surface area contributed by atoms with Gasteiger partial charge in [0.2, 0.25) is 0 Å². The van der Waals surface area contributed by atoms with Crippen LogP contribution in [0, 0.1) is 0 Å². The van der Waals surface area contributed by atoms with E-state index in [1.165, 1.54) is 6.42 Å². The number of likely N-dealkylation sites (tertiary alicyclic amines) is 1. The maximum Gasteiger partial charge on any atom is 0.317 e. The normalized spacial score (nSPS) is 14.2. The monoisotopic (exact) mass is 339 g/mol. The lowest BCUT2D eigenvalue weighted by Gasteiger charge is -2.26. The first-order valence-corrected chi connectivity index (χ1v) is 8.38. The lowest BCUT2D eigenvalue weighted by molar-refractivity contribution is 0.180. The van der Waals surface area contributed by atoms with Crippen LogP contribution >= 0.6 is 11.8 Å². The Balaban J connectivity index is 1.65. The van der Waals surface area contributed by atoms with Gasteiger partial charge in [0.05, 0.1) is 6.54 Å². The predicted octanol–water partition coefficient (Wildman–Crippen LogP) is 2.45. The van der Waals surface area contributed by atoms with Crippen molar-refractivity contribution in [2.24, 2.45) is 0 Å². The Labute approximate surface area is 139 Å². The molecule has 1 aliphatic heterocycles. The molecule has 1 aliphatic rings. The van der Waals surface area contributed by atoms with E-state index in [2.05, 4.69) is 5.32 Å². The van der Waals surface area contributed by atoms with Crippen molar-refractivity contribution < 1.29 is 19.5 Å². The van der Waals surface area contributed by atoms with Gasteiger partial charge in [0.1, 0.15) is 12.4 Å². The lowest BCUT2D eigenvalue weighted by atomic mass is 10.1. The molecule has 0 radical (unpaired) electrons. The van der Waals surface area contributed by atoms with Crippen molar-refractivity contribution >= 4 is 23.0 Å². The molecule has 0 aliphatic carbocycles. The summed E-state index contributed by atoms with van der Waals surface area (Å²) in [6, 6.07) is 6.89. The van der Waals surface area contributed by atoms with E-state index in [1.807, 2.05) is 4.90 Å². The van der Waals surface area contributed by atoms with Crippen LogP contribution in [0.25, 0.3) is 0 Å². The first-order valence-electron chi connectivity index (χ1n) is 7.56. The number of nitrogens with zero attached hydrogens (tertiary/aromatic N) is 1. The van der Waals surface area contributed by atoms with E-state index < -0.39 is 5.24 Å². The lowest BCUT2D eigenvalue weighted by Crippen LogP contribution is -2.43. The highest BCUT2D eigenvalue weighted by Gasteiger charge is 2.15. The molecule has 8 heteroatoms. The molecule has 0 aromatic heterocycles. The fourth-order valence-electron chi connectivity index (χ4n) is 2.27. The number of benzene rings is 1. The summed E-state index contributed by atoms with van der Waals surface area (Å²) in [5.74, 6) is 0.658. The molecule has 0 atom stereocenters. The molecular weight excluding hydrogens is 318 g/mol. The van der Waals surface area contributed by atoms with Crippen LogP contribution in [0.15, 0.2) is 29.2 Å². The van der Waals surface area contributed by atoms with Crippen molar-refractivity contribution in [3.8, 4) is 5.75 Å². The minimum Gasteiger partial charge on any atom is -0.492 e. The number of ether oxygens (including phenoxy) is 1. The predicted molar refractivity (Wildman–Crippen MR) is 86.9 cm³/mol. The second-order valence-electron chi connectivity index (χ2n) is 5.10. The molecule has 1 saturated heterocycles. The van der Waals surface area contributed by atoms with E-state index in [0.29, 0.717) is 23.8 Å². The summed E-state index contributed by atoms with van der Waals surface area (Å²) in [6.07, 6.45) is 3.34. The van der Waals surface area contributed by atoms with E-state index in [1.54, 1.807) is 29.7 Å². The second kappa shape index (κ2) is 9.26. The van der Waals surface area contributed by atoms with E-state index in [4.69, 9.17) is 9.94 Å². The molecule has 3 amide bonds. The number of thioether (sulfide) groups is 1. The zero-order chi connectivity index (χ0) is 16.5. The van der Waals surface area contributed by atoms with Crippen LogP contribution in [0.3, 0.4) is 0 Å². The van der Waals surface area contributed by atoms with Gasteiger partial charge in [0, 0.05) is 18.0 Å². The average molecular weight is 339 g/mol. The van der Waals surface area contributed by atoms with Gasteiger partial charge >= 0.3 is 11.3 Å². The second-order valence-corrected chi connectivity index (χ2v) is 6.15. The van der Waals surface area contributed by atoms with Crippen LogP contribution in [0.5, 0.6) is 5.75 Å². The van der Waals surface area contributed by atoms with E-state index in [9.17, 15) is 9.59 Å². The van der Waals surface area contributed by atoms with Crippen LogP contribution in [0.2, 0.25) is 0 Å². The number of amides is 3. The molecule has 1 aromatic carbocycles. The molecule has 3 N–H and O–H groups in total. The quantitative estimate of drug-likeness (QED) is 0.332. The molecule has 0 spiro atoms. The fourth-order valence-corrected chi connectivity index (χ4v) is 2.80. The Morgan fingerprint density at radius 1 is 1.17 bits per heavy atom. The Bertz CT molecular complexity index is 518. The molecule has 2 rings (SSSR count). The molecule has 0 saturated carbocycles. The highest BCUT2D eigenvalue weighted by Crippen LogP contribution is 2.21. The van der Waals surface area contributed by atoms with Crippen molar-refractivity contribution in [1.29, 1.82) is 0 Å². The fraction of sp³-hybridized carbons (Fsp3) is 0.467. The zero-order valence-corrected chi connectivity index (χ0v) is 13.6. The number of hydrogen-bond donors (Lipinski definition) is 3. The summed E-state index contributed by atoms with van der Waals surface area (Å²) in [4.78, 5) is 25.4. The van der Waals surface area contributed by atoms with Crippen LogP contribution in [0.4, 0.5) is 9.59 Å². The maximum atomic E-state index is 11.9. The van der Waals surface area contributed by atoms with Crippen LogP contribution < -0.4 is 15.5 Å². The van der Waals surface area contributed by atoms with Gasteiger partial charge < -0.3 is 15.0 Å². The Morgan fingerprint density at radius 2 is 1.87 bits per heavy atom. The number of rotatable bonds is 5. The minimum absolute atomic E-state index is 0.0323. The van der Waals surface area contributed by atoms with Gasteiger partial charge in [-0.1, -0.05) is 0 Å². The number of hydroxylamine groups is 1. The van der Waals surface area contributed by atoms with Crippen molar-refractivity contribution in [1.82, 2.24) is 15.7 Å². The Kier molecular flexibility index (Phi) is 7.02. The number of urea groups is 1. The molecular formula is C15H21N3O4S. The Morgan fingerprint density at radius 3 is 2.52 bits per heavy atom. The Hall–Kier alpha value is -1.93. The third kappa shape index (κ3) is 5.99. The number of carbonyl (C=O) groups is 2. The van der Waals surface area contributed by atoms with Gasteiger partial charge in [-0.25, -0.2) is 10.3 Å². The molecule has 126 valence electrons. The summed E-state index contributed by atoms with van der Waals surface area (Å²) < 4.78 is 5.54. The first-order chi connectivity index (χ1) is 11.2. The number of nitrogens with one attached hydrogen (secondary N) is 2. The third-order valence-corrected chi connectivity index (χ3v) is 4.20. The smallest absolute Gasteiger partial charge is 0.317 e. The molecule has 0 unspecified atom stereocenters. The molecule has 1 heterocycles. The summed E-state index contributed by atoms with van der Waals surface area (Å²) in [5, 5.41) is 10.8. The summed E-state index contributed by atoms with van der Waals surface area (Å²) in [5.41, 5.74) is 1.56. The molecule has 7 nitrogen and oxygen atoms in total. The van der Waals surface area contributed by atoms with Gasteiger partial charge in [0.25, 0.3) is 0 Å². The average Bonchev–Trinajstić information content (AvgIpc) is 2.60. The minimum atomic E-state index is -0.543. The largest absolute Gasteiger partial charge is 0.492 e. The summed E-state index contributed by atoms with van der Waals surface area (Å²) in [6.45, 7) is 2.47. The van der Waals surface area contributed by atoms with Gasteiger partial charge in [-0.15, -0.1) is 0 Å². The number of piperidine rings is 1. The summed E-state index contributed by atoms with van der Waals surface area (Å²) in [7, 11) is 0. The van der Waals surface area contributed by atoms with Crippen molar-refractivity contribution in [3.05, 3.63) is 24.3 Å². The van der Waals surface area contributed by atoms with Crippen LogP contribution in [-0.2, 0) is 0 Å². The number of carbonyl (C=O) groups excluding carboxylic acids is 2. The van der Waals surface area contributed by atoms with E-state index in [-0.39, 0.29) is 6.03 Å². The van der Waals surface area contributed by atoms with Gasteiger partial charge in [-0.3, -0.25) is 10.0 Å². The van der Waals surface area contributed by atoms with Crippen molar-refractivity contribution in [2.45, 2.75) is 24.2 Å². The van der Waals surface area contributed by atoms with Gasteiger partial charge in [-0.2, -0.15) is 0 Å². The first kappa shape index (κ1) is 17.4. The molecule has 1 aromatic rings. The molecule has 23 heavy (non-hydrogen) atoms. The SMILES string of the molecule is O=C(NO)Sc1ccc(OCCNC(=O)N2CCCCC2)cc1.